The number of hydrogen-bond donors (Lipinski definition) is 2. The van der Waals surface area contributed by atoms with Gasteiger partial charge in [-0.25, -0.2) is 0 Å². The molecule has 2 nitrogen and oxygen atoms in total. The van der Waals surface area contributed by atoms with Gasteiger partial charge in [0, 0.05) is 0 Å². The molecule has 1 aromatic carbocycles. The Morgan fingerprint density at radius 2 is 1.50 bits per heavy atom. The summed E-state index contributed by atoms with van der Waals surface area (Å²) in [6.45, 7) is 4.46. The monoisotopic (exact) mass is 248 g/mol. The average Bonchev–Trinajstić information content (AvgIpc) is 3.21. The molecule has 1 aromatic rings. The third-order valence-electron chi connectivity index (χ3n) is 3.24. The van der Waals surface area contributed by atoms with Crippen LogP contribution >= 0.6 is 0 Å². The highest BCUT2D eigenvalue weighted by Gasteiger charge is 2.23. The Bertz CT molecular complexity index is 293. The molecule has 2 rings (SSSR count). The summed E-state index contributed by atoms with van der Waals surface area (Å²) < 4.78 is 0. The van der Waals surface area contributed by atoms with Crippen molar-refractivity contribution in [2.75, 3.05) is 0 Å². The van der Waals surface area contributed by atoms with E-state index >= 15 is 0 Å². The molecule has 1 fully saturated rings. The van der Waals surface area contributed by atoms with Crippen LogP contribution in [0.3, 0.4) is 0 Å². The van der Waals surface area contributed by atoms with Crippen molar-refractivity contribution in [1.82, 2.24) is 0 Å². The second-order valence-corrected chi connectivity index (χ2v) is 5.02. The van der Waals surface area contributed by atoms with Crippen LogP contribution in [0.2, 0.25) is 0 Å². The first-order chi connectivity index (χ1) is 8.69. The van der Waals surface area contributed by atoms with Crippen LogP contribution < -0.4 is 5.46 Å². The molecule has 1 aliphatic rings. The third-order valence-corrected chi connectivity index (χ3v) is 3.24. The highest BCUT2D eigenvalue weighted by molar-refractivity contribution is 6.58. The molecule has 1 aliphatic carbocycles. The summed E-state index contributed by atoms with van der Waals surface area (Å²) in [5.74, 6) is 0.731. The lowest BCUT2D eigenvalue weighted by Crippen LogP contribution is -2.29. The van der Waals surface area contributed by atoms with Crippen molar-refractivity contribution in [2.45, 2.75) is 58.3 Å². The second-order valence-electron chi connectivity index (χ2n) is 5.02. The SMILES string of the molecule is CCCCCC.OB(O)c1ccc(C2CC2)cc1. The quantitative estimate of drug-likeness (QED) is 0.621. The maximum absolute atomic E-state index is 8.82. The van der Waals surface area contributed by atoms with Gasteiger partial charge in [0.15, 0.2) is 0 Å². The van der Waals surface area contributed by atoms with E-state index in [1.165, 1.54) is 44.1 Å². The predicted molar refractivity (Wildman–Crippen MR) is 78.1 cm³/mol. The highest BCUT2D eigenvalue weighted by atomic mass is 16.4. The molecule has 1 saturated carbocycles. The number of unbranched alkanes of at least 4 members (excludes halogenated alkanes) is 3. The predicted octanol–water partition coefficient (Wildman–Crippen LogP) is 2.83. The van der Waals surface area contributed by atoms with Crippen molar-refractivity contribution < 1.29 is 10.0 Å². The first-order valence-electron chi connectivity index (χ1n) is 7.15. The number of benzene rings is 1. The maximum atomic E-state index is 8.82. The van der Waals surface area contributed by atoms with Crippen molar-refractivity contribution >= 4 is 12.6 Å². The molecule has 0 atom stereocenters. The summed E-state index contributed by atoms with van der Waals surface area (Å²) in [7, 11) is -1.33. The molecule has 0 saturated heterocycles. The summed E-state index contributed by atoms with van der Waals surface area (Å²) in [5, 5.41) is 17.6. The van der Waals surface area contributed by atoms with E-state index in [2.05, 4.69) is 13.8 Å². The van der Waals surface area contributed by atoms with Crippen molar-refractivity contribution in [3.63, 3.8) is 0 Å². The molecule has 0 aliphatic heterocycles. The van der Waals surface area contributed by atoms with Crippen LogP contribution in [0, 0.1) is 0 Å². The van der Waals surface area contributed by atoms with Gasteiger partial charge in [-0.2, -0.15) is 0 Å². The van der Waals surface area contributed by atoms with Gasteiger partial charge in [-0.1, -0.05) is 63.8 Å². The Kier molecular flexibility index (Phi) is 7.06. The van der Waals surface area contributed by atoms with Crippen molar-refractivity contribution in [3.05, 3.63) is 29.8 Å². The van der Waals surface area contributed by atoms with E-state index in [4.69, 9.17) is 10.0 Å². The van der Waals surface area contributed by atoms with Crippen LogP contribution in [0.15, 0.2) is 24.3 Å². The molecule has 0 heterocycles. The van der Waals surface area contributed by atoms with E-state index in [1.54, 1.807) is 12.1 Å². The van der Waals surface area contributed by atoms with Crippen LogP contribution in [0.5, 0.6) is 0 Å². The second kappa shape index (κ2) is 8.33. The molecule has 0 aromatic heterocycles. The molecular weight excluding hydrogens is 223 g/mol. The highest BCUT2D eigenvalue weighted by Crippen LogP contribution is 2.39. The molecule has 0 spiro atoms. The lowest BCUT2D eigenvalue weighted by atomic mass is 9.80. The topological polar surface area (TPSA) is 40.5 Å². The number of rotatable bonds is 5. The largest absolute Gasteiger partial charge is 0.488 e. The van der Waals surface area contributed by atoms with Gasteiger partial charge in [0.25, 0.3) is 0 Å². The van der Waals surface area contributed by atoms with Crippen LogP contribution in [0.1, 0.15) is 63.9 Å². The Balaban J connectivity index is 0.000000232. The Labute approximate surface area is 111 Å². The van der Waals surface area contributed by atoms with Gasteiger partial charge in [0.2, 0.25) is 0 Å². The molecule has 2 N–H and O–H groups in total. The summed E-state index contributed by atoms with van der Waals surface area (Å²) in [6.07, 6.45) is 8.09. The molecule has 0 radical (unpaired) electrons. The van der Waals surface area contributed by atoms with E-state index in [0.29, 0.717) is 5.46 Å². The Hall–Kier alpha value is -0.795. The van der Waals surface area contributed by atoms with Gasteiger partial charge in [0.05, 0.1) is 0 Å². The van der Waals surface area contributed by atoms with Crippen LogP contribution in [-0.2, 0) is 0 Å². The summed E-state index contributed by atoms with van der Waals surface area (Å²) >= 11 is 0. The first-order valence-corrected chi connectivity index (χ1v) is 7.15. The fourth-order valence-electron chi connectivity index (χ4n) is 1.86. The molecule has 0 unspecified atom stereocenters. The van der Waals surface area contributed by atoms with Crippen molar-refractivity contribution in [1.29, 1.82) is 0 Å². The molecule has 3 heteroatoms. The van der Waals surface area contributed by atoms with E-state index in [9.17, 15) is 0 Å². The van der Waals surface area contributed by atoms with Gasteiger partial charge in [0.1, 0.15) is 0 Å². The number of hydrogen-bond acceptors (Lipinski definition) is 2. The van der Waals surface area contributed by atoms with Gasteiger partial charge in [-0.3, -0.25) is 0 Å². The van der Waals surface area contributed by atoms with E-state index < -0.39 is 7.12 Å². The van der Waals surface area contributed by atoms with Gasteiger partial charge < -0.3 is 10.0 Å². The average molecular weight is 248 g/mol. The van der Waals surface area contributed by atoms with Crippen molar-refractivity contribution in [2.24, 2.45) is 0 Å². The molecule has 0 amide bonds. The Morgan fingerprint density at radius 3 is 1.83 bits per heavy atom. The third kappa shape index (κ3) is 5.70. The standard InChI is InChI=1S/C9H11BO2.C6H14/c11-10(12)9-5-3-8(4-6-9)7-1-2-7;1-3-5-6-4-2/h3-7,11-12H,1-2H2;3-6H2,1-2H3. The zero-order chi connectivity index (χ0) is 13.4. The molecule has 18 heavy (non-hydrogen) atoms. The fourth-order valence-corrected chi connectivity index (χ4v) is 1.86. The zero-order valence-corrected chi connectivity index (χ0v) is 11.6. The maximum Gasteiger partial charge on any atom is 0.488 e. The zero-order valence-electron chi connectivity index (χ0n) is 11.6. The fraction of sp³-hybridized carbons (Fsp3) is 0.600. The van der Waals surface area contributed by atoms with E-state index in [0.717, 1.165) is 5.92 Å². The molecule has 0 bridgehead atoms. The summed E-state index contributed by atoms with van der Waals surface area (Å²) in [6, 6.07) is 7.51. The minimum atomic E-state index is -1.33. The van der Waals surface area contributed by atoms with Gasteiger partial charge in [-0.15, -0.1) is 0 Å². The van der Waals surface area contributed by atoms with Crippen LogP contribution in [-0.4, -0.2) is 17.2 Å². The smallest absolute Gasteiger partial charge is 0.423 e. The lowest BCUT2D eigenvalue weighted by Gasteiger charge is -2.00. The Morgan fingerprint density at radius 1 is 1.00 bits per heavy atom. The van der Waals surface area contributed by atoms with Crippen LogP contribution in [0.25, 0.3) is 0 Å². The molecular formula is C15H25BO2. The molecule has 100 valence electrons. The van der Waals surface area contributed by atoms with E-state index in [-0.39, 0.29) is 0 Å². The van der Waals surface area contributed by atoms with Crippen molar-refractivity contribution in [3.8, 4) is 0 Å². The minimum absolute atomic E-state index is 0.569. The summed E-state index contributed by atoms with van der Waals surface area (Å²) in [4.78, 5) is 0. The van der Waals surface area contributed by atoms with E-state index in [1.807, 2.05) is 12.1 Å². The lowest BCUT2D eigenvalue weighted by molar-refractivity contribution is 0.426. The first kappa shape index (κ1) is 15.3. The minimum Gasteiger partial charge on any atom is -0.423 e. The van der Waals surface area contributed by atoms with Gasteiger partial charge >= 0.3 is 7.12 Å². The van der Waals surface area contributed by atoms with Gasteiger partial charge in [-0.05, 0) is 29.8 Å². The van der Waals surface area contributed by atoms with Crippen LogP contribution in [0.4, 0.5) is 0 Å². The normalized spacial score (nSPS) is 13.8. The summed E-state index contributed by atoms with van der Waals surface area (Å²) in [5.41, 5.74) is 1.89.